The molecule has 0 saturated heterocycles. The summed E-state index contributed by atoms with van der Waals surface area (Å²) in [6.07, 6.45) is 0. The molecule has 1 aliphatic heterocycles. The average molecular weight is 340 g/mol. The second-order valence-electron chi connectivity index (χ2n) is 4.74. The summed E-state index contributed by atoms with van der Waals surface area (Å²) in [5, 5.41) is 0.487. The van der Waals surface area contributed by atoms with Gasteiger partial charge in [0.05, 0.1) is 11.4 Å². The molecule has 0 N–H and O–H groups in total. The van der Waals surface area contributed by atoms with Crippen molar-refractivity contribution in [1.29, 1.82) is 0 Å². The number of sulfonamides is 1. The van der Waals surface area contributed by atoms with Crippen LogP contribution in [0.2, 0.25) is 5.02 Å². The number of thioether (sulfide) groups is 1. The van der Waals surface area contributed by atoms with Gasteiger partial charge in [-0.05, 0) is 23.8 Å². The third-order valence-electron chi connectivity index (χ3n) is 3.32. The first kappa shape index (κ1) is 14.8. The monoisotopic (exact) mass is 339 g/mol. The van der Waals surface area contributed by atoms with Gasteiger partial charge in [-0.3, -0.25) is 4.31 Å². The molecule has 0 aliphatic carbocycles. The van der Waals surface area contributed by atoms with Crippen molar-refractivity contribution in [2.75, 3.05) is 16.6 Å². The highest BCUT2D eigenvalue weighted by Gasteiger charge is 2.28. The van der Waals surface area contributed by atoms with E-state index >= 15 is 0 Å². The Morgan fingerprint density at radius 3 is 2.62 bits per heavy atom. The zero-order chi connectivity index (χ0) is 14.9. The SMILES string of the molecule is O=S(=O)(Cc1ccccc1Cl)N1CCSc2ccccc21. The van der Waals surface area contributed by atoms with Crippen molar-refractivity contribution < 1.29 is 8.42 Å². The molecule has 0 amide bonds. The maximum absolute atomic E-state index is 12.7. The van der Waals surface area contributed by atoms with E-state index in [9.17, 15) is 8.42 Å². The predicted molar refractivity (Wildman–Crippen MR) is 88.6 cm³/mol. The summed E-state index contributed by atoms with van der Waals surface area (Å²) in [5.41, 5.74) is 1.40. The van der Waals surface area contributed by atoms with Crippen LogP contribution in [0.15, 0.2) is 53.4 Å². The molecule has 1 heterocycles. The minimum Gasteiger partial charge on any atom is -0.268 e. The van der Waals surface area contributed by atoms with E-state index in [4.69, 9.17) is 11.6 Å². The molecule has 0 fully saturated rings. The highest BCUT2D eigenvalue weighted by molar-refractivity contribution is 8.00. The molecule has 6 heteroatoms. The van der Waals surface area contributed by atoms with Crippen LogP contribution >= 0.6 is 23.4 Å². The number of rotatable bonds is 3. The Bertz CT molecular complexity index is 762. The van der Waals surface area contributed by atoms with Gasteiger partial charge in [0.1, 0.15) is 0 Å². The highest BCUT2D eigenvalue weighted by Crippen LogP contribution is 2.36. The van der Waals surface area contributed by atoms with Crippen LogP contribution < -0.4 is 4.31 Å². The van der Waals surface area contributed by atoms with Crippen molar-refractivity contribution in [3.63, 3.8) is 0 Å². The van der Waals surface area contributed by atoms with E-state index in [0.717, 1.165) is 16.3 Å². The summed E-state index contributed by atoms with van der Waals surface area (Å²) >= 11 is 7.77. The van der Waals surface area contributed by atoms with Crippen molar-refractivity contribution in [1.82, 2.24) is 0 Å². The molecule has 2 aromatic carbocycles. The van der Waals surface area contributed by atoms with Crippen LogP contribution in [-0.2, 0) is 15.8 Å². The third kappa shape index (κ3) is 3.05. The summed E-state index contributed by atoms with van der Waals surface area (Å²) in [5.74, 6) is 0.685. The molecule has 110 valence electrons. The Labute approximate surface area is 134 Å². The van der Waals surface area contributed by atoms with Gasteiger partial charge in [0.15, 0.2) is 0 Å². The highest BCUT2D eigenvalue weighted by atomic mass is 35.5. The van der Waals surface area contributed by atoms with E-state index in [1.165, 1.54) is 4.31 Å². The lowest BCUT2D eigenvalue weighted by Crippen LogP contribution is -2.36. The van der Waals surface area contributed by atoms with Gasteiger partial charge in [-0.2, -0.15) is 0 Å². The van der Waals surface area contributed by atoms with Gasteiger partial charge in [0.25, 0.3) is 0 Å². The fraction of sp³-hybridized carbons (Fsp3) is 0.200. The molecule has 3 nitrogen and oxygen atoms in total. The number of para-hydroxylation sites is 1. The second kappa shape index (κ2) is 5.91. The van der Waals surface area contributed by atoms with Gasteiger partial charge >= 0.3 is 0 Å². The third-order valence-corrected chi connectivity index (χ3v) is 6.46. The molecule has 2 aromatic rings. The van der Waals surface area contributed by atoms with Crippen molar-refractivity contribution >= 4 is 39.1 Å². The molecular formula is C15H14ClNO2S2. The number of anilines is 1. The minimum atomic E-state index is -3.44. The molecular weight excluding hydrogens is 326 g/mol. The Balaban J connectivity index is 1.95. The first-order valence-electron chi connectivity index (χ1n) is 6.53. The normalized spacial score (nSPS) is 14.8. The van der Waals surface area contributed by atoms with Crippen molar-refractivity contribution in [2.24, 2.45) is 0 Å². The number of hydrogen-bond acceptors (Lipinski definition) is 3. The topological polar surface area (TPSA) is 37.4 Å². The number of nitrogens with zero attached hydrogens (tertiary/aromatic N) is 1. The van der Waals surface area contributed by atoms with Crippen LogP contribution in [0.4, 0.5) is 5.69 Å². The van der Waals surface area contributed by atoms with Gasteiger partial charge < -0.3 is 0 Å². The predicted octanol–water partition coefficient (Wildman–Crippen LogP) is 3.78. The van der Waals surface area contributed by atoms with E-state index in [1.54, 1.807) is 36.0 Å². The summed E-state index contributed by atoms with van der Waals surface area (Å²) in [4.78, 5) is 1.01. The molecule has 0 atom stereocenters. The van der Waals surface area contributed by atoms with Crippen LogP contribution in [0.25, 0.3) is 0 Å². The van der Waals surface area contributed by atoms with Gasteiger partial charge in [0.2, 0.25) is 10.0 Å². The largest absolute Gasteiger partial charge is 0.268 e. The maximum Gasteiger partial charge on any atom is 0.239 e. The molecule has 0 bridgehead atoms. The molecule has 1 aliphatic rings. The number of hydrogen-bond donors (Lipinski definition) is 0. The fourth-order valence-electron chi connectivity index (χ4n) is 2.32. The lowest BCUT2D eigenvalue weighted by Gasteiger charge is -2.30. The number of benzene rings is 2. The quantitative estimate of drug-likeness (QED) is 0.854. The number of fused-ring (bicyclic) bond motifs is 1. The lowest BCUT2D eigenvalue weighted by atomic mass is 10.2. The average Bonchev–Trinajstić information content (AvgIpc) is 2.49. The van der Waals surface area contributed by atoms with Crippen LogP contribution in [0.5, 0.6) is 0 Å². The first-order chi connectivity index (χ1) is 10.1. The number of halogens is 1. The molecule has 0 radical (unpaired) electrons. The Morgan fingerprint density at radius 1 is 1.10 bits per heavy atom. The van der Waals surface area contributed by atoms with E-state index in [1.807, 2.05) is 24.3 Å². The van der Waals surface area contributed by atoms with Gasteiger partial charge in [-0.15, -0.1) is 11.8 Å². The molecule has 0 aromatic heterocycles. The van der Waals surface area contributed by atoms with Gasteiger partial charge in [-0.25, -0.2) is 8.42 Å². The van der Waals surface area contributed by atoms with Crippen LogP contribution in [0, 0.1) is 0 Å². The van der Waals surface area contributed by atoms with E-state index in [-0.39, 0.29) is 5.75 Å². The first-order valence-corrected chi connectivity index (χ1v) is 9.51. The van der Waals surface area contributed by atoms with Crippen molar-refractivity contribution in [2.45, 2.75) is 10.6 Å². The zero-order valence-corrected chi connectivity index (χ0v) is 13.6. The molecule has 21 heavy (non-hydrogen) atoms. The minimum absolute atomic E-state index is 0.0777. The van der Waals surface area contributed by atoms with Crippen LogP contribution in [0.3, 0.4) is 0 Å². The Hall–Kier alpha value is -1.17. The Kier molecular flexibility index (Phi) is 4.15. The van der Waals surface area contributed by atoms with E-state index < -0.39 is 10.0 Å². The van der Waals surface area contributed by atoms with Crippen LogP contribution in [0.1, 0.15) is 5.56 Å². The molecule has 3 rings (SSSR count). The zero-order valence-electron chi connectivity index (χ0n) is 11.2. The second-order valence-corrected chi connectivity index (χ2v) is 8.17. The van der Waals surface area contributed by atoms with Gasteiger partial charge in [0, 0.05) is 22.2 Å². The summed E-state index contributed by atoms with van der Waals surface area (Å²) in [7, 11) is -3.44. The van der Waals surface area contributed by atoms with E-state index in [0.29, 0.717) is 17.1 Å². The standard InChI is InChI=1S/C15H14ClNO2S2/c16-13-6-2-1-5-12(13)11-21(18,19)17-9-10-20-15-8-4-3-7-14(15)17/h1-8H,9-11H2. The lowest BCUT2D eigenvalue weighted by molar-refractivity contribution is 0.590. The fourth-order valence-corrected chi connectivity index (χ4v) is 5.40. The smallest absolute Gasteiger partial charge is 0.239 e. The Morgan fingerprint density at radius 2 is 1.81 bits per heavy atom. The van der Waals surface area contributed by atoms with Crippen molar-refractivity contribution in [3.05, 3.63) is 59.1 Å². The maximum atomic E-state index is 12.7. The van der Waals surface area contributed by atoms with Crippen molar-refractivity contribution in [3.8, 4) is 0 Å². The summed E-state index contributed by atoms with van der Waals surface area (Å²) in [6.45, 7) is 0.495. The summed E-state index contributed by atoms with van der Waals surface area (Å²) < 4.78 is 27.0. The van der Waals surface area contributed by atoms with E-state index in [2.05, 4.69) is 0 Å². The molecule has 0 saturated carbocycles. The molecule has 0 unspecified atom stereocenters. The van der Waals surface area contributed by atoms with Gasteiger partial charge in [-0.1, -0.05) is 41.9 Å². The van der Waals surface area contributed by atoms with Crippen LogP contribution in [-0.4, -0.2) is 20.7 Å². The molecule has 0 spiro atoms. The summed E-state index contributed by atoms with van der Waals surface area (Å²) in [6, 6.07) is 14.7.